The minimum absolute atomic E-state index is 0.108. The molecule has 1 amide bonds. The van der Waals surface area contributed by atoms with Crippen molar-refractivity contribution in [1.82, 2.24) is 9.78 Å². The molecule has 1 aromatic carbocycles. The lowest BCUT2D eigenvalue weighted by molar-refractivity contribution is -0.116. The van der Waals surface area contributed by atoms with Gasteiger partial charge in [-0.3, -0.25) is 9.48 Å². The zero-order valence-electron chi connectivity index (χ0n) is 10.8. The molecule has 0 radical (unpaired) electrons. The van der Waals surface area contributed by atoms with Gasteiger partial charge in [0.05, 0.1) is 5.69 Å². The fourth-order valence-corrected chi connectivity index (χ4v) is 2.73. The van der Waals surface area contributed by atoms with Gasteiger partial charge in [0, 0.05) is 24.9 Å². The number of rotatable bonds is 1. The molecule has 0 unspecified atom stereocenters. The fourth-order valence-electron chi connectivity index (χ4n) is 2.73. The van der Waals surface area contributed by atoms with E-state index < -0.39 is 0 Å². The molecule has 0 spiro atoms. The van der Waals surface area contributed by atoms with E-state index in [1.165, 1.54) is 6.07 Å². The van der Waals surface area contributed by atoms with Crippen molar-refractivity contribution < 1.29 is 9.18 Å². The Hall–Kier alpha value is -2.17. The first-order chi connectivity index (χ1) is 9.08. The van der Waals surface area contributed by atoms with E-state index in [1.54, 1.807) is 29.9 Å². The summed E-state index contributed by atoms with van der Waals surface area (Å²) in [7, 11) is 1.77. The van der Waals surface area contributed by atoms with Gasteiger partial charge in [-0.2, -0.15) is 5.10 Å². The molecule has 0 saturated carbocycles. The summed E-state index contributed by atoms with van der Waals surface area (Å²) in [5, 5.41) is 7.12. The van der Waals surface area contributed by atoms with Crippen LogP contribution in [0.25, 0.3) is 0 Å². The first-order valence-electron chi connectivity index (χ1n) is 6.15. The quantitative estimate of drug-likeness (QED) is 0.854. The molecule has 1 N–H and O–H groups in total. The van der Waals surface area contributed by atoms with Gasteiger partial charge in [-0.05, 0) is 18.6 Å². The zero-order valence-corrected chi connectivity index (χ0v) is 10.8. The third-order valence-electron chi connectivity index (χ3n) is 3.54. The van der Waals surface area contributed by atoms with Crippen molar-refractivity contribution in [3.8, 4) is 0 Å². The second-order valence-electron chi connectivity index (χ2n) is 4.80. The number of aromatic nitrogens is 2. The highest BCUT2D eigenvalue weighted by atomic mass is 19.1. The monoisotopic (exact) mass is 259 g/mol. The summed E-state index contributed by atoms with van der Waals surface area (Å²) >= 11 is 0. The van der Waals surface area contributed by atoms with Crippen molar-refractivity contribution in [2.75, 3.05) is 5.32 Å². The molecule has 4 nitrogen and oxygen atoms in total. The lowest BCUT2D eigenvalue weighted by Gasteiger charge is -2.24. The number of halogens is 1. The predicted octanol–water partition coefficient (Wildman–Crippen LogP) is 2.34. The molecule has 0 fully saturated rings. The highest BCUT2D eigenvalue weighted by Crippen LogP contribution is 2.39. The fraction of sp³-hybridized carbons (Fsp3) is 0.286. The van der Waals surface area contributed by atoms with Crippen LogP contribution in [0.15, 0.2) is 24.3 Å². The Balaban J connectivity index is 2.19. The van der Waals surface area contributed by atoms with E-state index in [0.29, 0.717) is 11.4 Å². The van der Waals surface area contributed by atoms with Crippen LogP contribution in [0.3, 0.4) is 0 Å². The first kappa shape index (κ1) is 11.9. The summed E-state index contributed by atoms with van der Waals surface area (Å²) in [5.41, 5.74) is 2.28. The van der Waals surface area contributed by atoms with Crippen LogP contribution in [0, 0.1) is 12.7 Å². The van der Waals surface area contributed by atoms with Crippen molar-refractivity contribution in [2.24, 2.45) is 7.05 Å². The standard InChI is InChI=1S/C14H14FN3O/c1-8-13-10(9-5-3-4-6-11(9)15)7-12(19)16-14(13)18(2)17-8/h3-6,10H,7H2,1-2H3,(H,16,19)/t10-/m0/s1. The maximum Gasteiger partial charge on any atom is 0.226 e. The third-order valence-corrected chi connectivity index (χ3v) is 3.54. The van der Waals surface area contributed by atoms with E-state index >= 15 is 0 Å². The molecular weight excluding hydrogens is 245 g/mol. The number of fused-ring (bicyclic) bond motifs is 1. The third kappa shape index (κ3) is 1.82. The Morgan fingerprint density at radius 2 is 2.16 bits per heavy atom. The molecule has 0 aliphatic carbocycles. The Morgan fingerprint density at radius 3 is 2.89 bits per heavy atom. The van der Waals surface area contributed by atoms with Gasteiger partial charge in [0.1, 0.15) is 11.6 Å². The SMILES string of the molecule is Cc1nn(C)c2c1[C@H](c1ccccc1F)CC(=O)N2. The number of anilines is 1. The molecule has 2 aromatic rings. The van der Waals surface area contributed by atoms with E-state index in [0.717, 1.165) is 11.3 Å². The van der Waals surface area contributed by atoms with Gasteiger partial charge in [-0.15, -0.1) is 0 Å². The number of carbonyl (C=O) groups excluding carboxylic acids is 1. The van der Waals surface area contributed by atoms with Gasteiger partial charge in [-0.1, -0.05) is 18.2 Å². The highest BCUT2D eigenvalue weighted by molar-refractivity contribution is 5.94. The van der Waals surface area contributed by atoms with Gasteiger partial charge in [0.15, 0.2) is 0 Å². The van der Waals surface area contributed by atoms with E-state index in [4.69, 9.17) is 0 Å². The number of amides is 1. The van der Waals surface area contributed by atoms with Gasteiger partial charge >= 0.3 is 0 Å². The molecule has 1 aromatic heterocycles. The molecule has 0 bridgehead atoms. The molecule has 0 saturated heterocycles. The summed E-state index contributed by atoms with van der Waals surface area (Å²) < 4.78 is 15.6. The topological polar surface area (TPSA) is 46.9 Å². The maximum absolute atomic E-state index is 14.0. The summed E-state index contributed by atoms with van der Waals surface area (Å²) in [4.78, 5) is 11.8. The van der Waals surface area contributed by atoms with E-state index in [-0.39, 0.29) is 24.1 Å². The number of hydrogen-bond donors (Lipinski definition) is 1. The molecule has 1 aliphatic heterocycles. The first-order valence-corrected chi connectivity index (χ1v) is 6.15. The van der Waals surface area contributed by atoms with Crippen LogP contribution in [0.2, 0.25) is 0 Å². The maximum atomic E-state index is 14.0. The Kier molecular flexibility index (Phi) is 2.62. The minimum atomic E-state index is -0.281. The normalized spacial score (nSPS) is 18.1. The summed E-state index contributed by atoms with van der Waals surface area (Å²) in [5.74, 6) is 0.0146. The summed E-state index contributed by atoms with van der Waals surface area (Å²) in [6.07, 6.45) is 0.250. The summed E-state index contributed by atoms with van der Waals surface area (Å²) in [6, 6.07) is 6.59. The molecule has 3 rings (SSSR count). The Labute approximate surface area is 110 Å². The van der Waals surface area contributed by atoms with Crippen LogP contribution in [-0.2, 0) is 11.8 Å². The molecule has 1 aliphatic rings. The molecule has 2 heterocycles. The van der Waals surface area contributed by atoms with Crippen LogP contribution in [-0.4, -0.2) is 15.7 Å². The average molecular weight is 259 g/mol. The van der Waals surface area contributed by atoms with Gasteiger partial charge in [-0.25, -0.2) is 4.39 Å². The van der Waals surface area contributed by atoms with E-state index in [1.807, 2.05) is 6.92 Å². The number of hydrogen-bond acceptors (Lipinski definition) is 2. The lowest BCUT2D eigenvalue weighted by atomic mass is 9.85. The summed E-state index contributed by atoms with van der Waals surface area (Å²) in [6.45, 7) is 1.88. The number of benzene rings is 1. The van der Waals surface area contributed by atoms with Gasteiger partial charge < -0.3 is 5.32 Å². The van der Waals surface area contributed by atoms with Crippen LogP contribution < -0.4 is 5.32 Å². The largest absolute Gasteiger partial charge is 0.311 e. The minimum Gasteiger partial charge on any atom is -0.311 e. The van der Waals surface area contributed by atoms with Crippen molar-refractivity contribution in [3.63, 3.8) is 0 Å². The smallest absolute Gasteiger partial charge is 0.226 e. The van der Waals surface area contributed by atoms with Crippen molar-refractivity contribution in [3.05, 3.63) is 46.9 Å². The average Bonchev–Trinajstić information content (AvgIpc) is 2.65. The second kappa shape index (κ2) is 4.19. The number of aryl methyl sites for hydroxylation is 2. The van der Waals surface area contributed by atoms with Crippen LogP contribution in [0.1, 0.15) is 29.2 Å². The van der Waals surface area contributed by atoms with Crippen LogP contribution in [0.5, 0.6) is 0 Å². The Bertz CT molecular complexity index is 663. The van der Waals surface area contributed by atoms with Crippen LogP contribution >= 0.6 is 0 Å². The van der Waals surface area contributed by atoms with Gasteiger partial charge in [0.2, 0.25) is 5.91 Å². The number of nitrogens with zero attached hydrogens (tertiary/aromatic N) is 2. The van der Waals surface area contributed by atoms with E-state index in [9.17, 15) is 9.18 Å². The number of carbonyl (C=O) groups is 1. The molecule has 1 atom stereocenters. The second-order valence-corrected chi connectivity index (χ2v) is 4.80. The molecule has 5 heteroatoms. The van der Waals surface area contributed by atoms with Gasteiger partial charge in [0.25, 0.3) is 0 Å². The van der Waals surface area contributed by atoms with Crippen molar-refractivity contribution >= 4 is 11.7 Å². The molecular formula is C14H14FN3O. The van der Waals surface area contributed by atoms with Crippen molar-refractivity contribution in [2.45, 2.75) is 19.3 Å². The highest BCUT2D eigenvalue weighted by Gasteiger charge is 2.32. The van der Waals surface area contributed by atoms with Crippen LogP contribution in [0.4, 0.5) is 10.2 Å². The lowest BCUT2D eigenvalue weighted by Crippen LogP contribution is -2.25. The Morgan fingerprint density at radius 1 is 1.42 bits per heavy atom. The van der Waals surface area contributed by atoms with Crippen molar-refractivity contribution in [1.29, 1.82) is 0 Å². The predicted molar refractivity (Wildman–Crippen MR) is 69.4 cm³/mol. The zero-order chi connectivity index (χ0) is 13.6. The molecule has 98 valence electrons. The number of nitrogens with one attached hydrogen (secondary N) is 1. The van der Waals surface area contributed by atoms with E-state index in [2.05, 4.69) is 10.4 Å². The molecule has 19 heavy (non-hydrogen) atoms.